The van der Waals surface area contributed by atoms with Gasteiger partial charge in [0.2, 0.25) is 10.0 Å². The lowest BCUT2D eigenvalue weighted by molar-refractivity contribution is 0.0953. The van der Waals surface area contributed by atoms with E-state index in [9.17, 15) is 13.2 Å². The van der Waals surface area contributed by atoms with Gasteiger partial charge in [-0.15, -0.1) is 12.4 Å². The van der Waals surface area contributed by atoms with Crippen molar-refractivity contribution in [3.05, 3.63) is 29.3 Å². The molecule has 1 saturated carbocycles. The van der Waals surface area contributed by atoms with Crippen LogP contribution in [0.15, 0.2) is 23.1 Å². The largest absolute Gasteiger partial charge is 0.352 e. The Morgan fingerprint density at radius 1 is 1.29 bits per heavy atom. The molecule has 0 radical (unpaired) electrons. The van der Waals surface area contributed by atoms with Crippen molar-refractivity contribution in [3.8, 4) is 0 Å². The number of hydrogen-bond donors (Lipinski definition) is 3. The van der Waals surface area contributed by atoms with Gasteiger partial charge in [0.15, 0.2) is 0 Å². The Kier molecular flexibility index (Phi) is 8.15. The summed E-state index contributed by atoms with van der Waals surface area (Å²) in [6.45, 7) is 2.71. The second kappa shape index (κ2) is 9.36. The molecule has 0 heterocycles. The van der Waals surface area contributed by atoms with Crippen molar-refractivity contribution in [2.75, 3.05) is 13.1 Å². The van der Waals surface area contributed by atoms with E-state index in [1.165, 1.54) is 6.07 Å². The van der Waals surface area contributed by atoms with Crippen LogP contribution >= 0.6 is 12.4 Å². The van der Waals surface area contributed by atoms with E-state index in [1.807, 2.05) is 0 Å². The third-order valence-electron chi connectivity index (χ3n) is 4.08. The van der Waals surface area contributed by atoms with Crippen molar-refractivity contribution in [3.63, 3.8) is 0 Å². The number of benzene rings is 1. The number of aryl methyl sites for hydroxylation is 1. The van der Waals surface area contributed by atoms with Crippen molar-refractivity contribution in [1.82, 2.24) is 10.0 Å². The molecule has 1 aromatic rings. The quantitative estimate of drug-likeness (QED) is 0.631. The van der Waals surface area contributed by atoms with E-state index in [4.69, 9.17) is 5.73 Å². The molecule has 0 spiro atoms. The summed E-state index contributed by atoms with van der Waals surface area (Å²) in [4.78, 5) is 12.3. The van der Waals surface area contributed by atoms with Crippen LogP contribution in [0.3, 0.4) is 0 Å². The molecule has 1 aromatic carbocycles. The molecule has 0 aromatic heterocycles. The normalized spacial score (nSPS) is 15.1. The van der Waals surface area contributed by atoms with E-state index < -0.39 is 10.0 Å². The van der Waals surface area contributed by atoms with Gasteiger partial charge in [-0.3, -0.25) is 4.79 Å². The second-order valence-corrected chi connectivity index (χ2v) is 7.66. The molecule has 0 atom stereocenters. The van der Waals surface area contributed by atoms with Crippen LogP contribution < -0.4 is 15.8 Å². The van der Waals surface area contributed by atoms with E-state index in [1.54, 1.807) is 19.1 Å². The molecule has 0 saturated heterocycles. The Hall–Kier alpha value is -1.15. The summed E-state index contributed by atoms with van der Waals surface area (Å²) in [5, 5.41) is 2.74. The van der Waals surface area contributed by atoms with Gasteiger partial charge in [-0.1, -0.05) is 18.9 Å². The maximum absolute atomic E-state index is 12.6. The maximum atomic E-state index is 12.6. The Morgan fingerprint density at radius 2 is 1.96 bits per heavy atom. The highest BCUT2D eigenvalue weighted by Gasteiger charge is 2.25. The van der Waals surface area contributed by atoms with Gasteiger partial charge in [-0.2, -0.15) is 0 Å². The number of amides is 1. The lowest BCUT2D eigenvalue weighted by Crippen LogP contribution is -2.33. The monoisotopic (exact) mass is 375 g/mol. The van der Waals surface area contributed by atoms with E-state index in [0.717, 1.165) is 25.7 Å². The van der Waals surface area contributed by atoms with Gasteiger partial charge in [0.25, 0.3) is 5.91 Å². The molecule has 24 heavy (non-hydrogen) atoms. The summed E-state index contributed by atoms with van der Waals surface area (Å²) in [5.41, 5.74) is 6.37. The number of hydrogen-bond acceptors (Lipinski definition) is 4. The minimum Gasteiger partial charge on any atom is -0.352 e. The molecule has 0 unspecified atom stereocenters. The lowest BCUT2D eigenvalue weighted by atomic mass is 10.1. The first-order valence-corrected chi connectivity index (χ1v) is 9.53. The number of carbonyl (C=O) groups is 1. The first-order chi connectivity index (χ1) is 10.9. The molecular formula is C16H26ClN3O3S. The van der Waals surface area contributed by atoms with Crippen molar-refractivity contribution < 1.29 is 13.2 Å². The van der Waals surface area contributed by atoms with Crippen LogP contribution in [0.4, 0.5) is 0 Å². The van der Waals surface area contributed by atoms with Crippen LogP contribution in [0.1, 0.15) is 48.0 Å². The third-order valence-corrected chi connectivity index (χ3v) is 5.75. The first-order valence-electron chi connectivity index (χ1n) is 8.05. The smallest absolute Gasteiger partial charge is 0.251 e. The van der Waals surface area contributed by atoms with Crippen molar-refractivity contribution in [2.24, 2.45) is 5.73 Å². The third kappa shape index (κ3) is 5.44. The molecule has 0 aliphatic heterocycles. The van der Waals surface area contributed by atoms with Crippen LogP contribution in [0.25, 0.3) is 0 Å². The van der Waals surface area contributed by atoms with E-state index in [2.05, 4.69) is 10.0 Å². The fraction of sp³-hybridized carbons (Fsp3) is 0.562. The number of carbonyl (C=O) groups excluding carboxylic acids is 1. The molecule has 1 amide bonds. The minimum atomic E-state index is -3.61. The molecule has 136 valence electrons. The summed E-state index contributed by atoms with van der Waals surface area (Å²) in [5.74, 6) is -0.282. The Labute approximate surface area is 150 Å². The zero-order valence-corrected chi connectivity index (χ0v) is 15.5. The number of rotatable bonds is 7. The van der Waals surface area contributed by atoms with E-state index in [0.29, 0.717) is 30.6 Å². The lowest BCUT2D eigenvalue weighted by Gasteiger charge is -2.15. The highest BCUT2D eigenvalue weighted by molar-refractivity contribution is 7.89. The highest BCUT2D eigenvalue weighted by Crippen LogP contribution is 2.22. The summed E-state index contributed by atoms with van der Waals surface area (Å²) < 4.78 is 27.9. The van der Waals surface area contributed by atoms with Gasteiger partial charge in [-0.25, -0.2) is 13.1 Å². The summed E-state index contributed by atoms with van der Waals surface area (Å²) >= 11 is 0. The van der Waals surface area contributed by atoms with E-state index in [-0.39, 0.29) is 29.3 Å². The topological polar surface area (TPSA) is 101 Å². The SMILES string of the molecule is Cc1ccc(C(=O)NCCCN)cc1S(=O)(=O)NC1CCCC1.Cl. The number of halogens is 1. The molecule has 6 nitrogen and oxygen atoms in total. The highest BCUT2D eigenvalue weighted by atomic mass is 35.5. The summed E-state index contributed by atoms with van der Waals surface area (Å²) in [7, 11) is -3.61. The second-order valence-electron chi connectivity index (χ2n) is 5.98. The number of nitrogens with one attached hydrogen (secondary N) is 2. The van der Waals surface area contributed by atoms with Crippen molar-refractivity contribution in [2.45, 2.75) is 50.0 Å². The fourth-order valence-electron chi connectivity index (χ4n) is 2.76. The maximum Gasteiger partial charge on any atom is 0.251 e. The summed E-state index contributed by atoms with van der Waals surface area (Å²) in [6, 6.07) is 4.76. The molecule has 1 aliphatic rings. The van der Waals surface area contributed by atoms with Crippen LogP contribution in [0, 0.1) is 6.92 Å². The van der Waals surface area contributed by atoms with Crippen molar-refractivity contribution in [1.29, 1.82) is 0 Å². The first kappa shape index (κ1) is 20.9. The zero-order chi connectivity index (χ0) is 16.9. The molecule has 4 N–H and O–H groups in total. The van der Waals surface area contributed by atoms with Gasteiger partial charge in [0, 0.05) is 18.2 Å². The Bertz CT molecular complexity index is 659. The average Bonchev–Trinajstić information content (AvgIpc) is 2.99. The van der Waals surface area contributed by atoms with E-state index >= 15 is 0 Å². The molecule has 1 aliphatic carbocycles. The van der Waals surface area contributed by atoms with Crippen LogP contribution in [0.2, 0.25) is 0 Å². The molecule has 0 bridgehead atoms. The number of nitrogens with two attached hydrogens (primary N) is 1. The van der Waals surface area contributed by atoms with Crippen LogP contribution in [-0.2, 0) is 10.0 Å². The van der Waals surface area contributed by atoms with Crippen LogP contribution in [0.5, 0.6) is 0 Å². The minimum absolute atomic E-state index is 0. The Morgan fingerprint density at radius 3 is 2.58 bits per heavy atom. The van der Waals surface area contributed by atoms with Crippen molar-refractivity contribution >= 4 is 28.3 Å². The standard InChI is InChI=1S/C16H25N3O3S.ClH/c1-12-7-8-13(16(20)18-10-4-9-17)11-15(12)23(21,22)19-14-5-2-3-6-14;/h7-8,11,14,19H,2-6,9-10,17H2,1H3,(H,18,20);1H. The van der Waals surface area contributed by atoms with Gasteiger partial charge >= 0.3 is 0 Å². The molecular weight excluding hydrogens is 350 g/mol. The van der Waals surface area contributed by atoms with Gasteiger partial charge in [0.1, 0.15) is 0 Å². The average molecular weight is 376 g/mol. The number of sulfonamides is 1. The molecule has 2 rings (SSSR count). The predicted octanol–water partition coefficient (Wildman–Crippen LogP) is 1.72. The Balaban J connectivity index is 0.00000288. The van der Waals surface area contributed by atoms with Gasteiger partial charge in [0.05, 0.1) is 4.90 Å². The van der Waals surface area contributed by atoms with Gasteiger partial charge < -0.3 is 11.1 Å². The van der Waals surface area contributed by atoms with Gasteiger partial charge in [-0.05, 0) is 50.4 Å². The molecule has 8 heteroatoms. The summed E-state index contributed by atoms with van der Waals surface area (Å²) in [6.07, 6.45) is 4.53. The fourth-order valence-corrected chi connectivity index (χ4v) is 4.34. The van der Waals surface area contributed by atoms with Crippen LogP contribution in [-0.4, -0.2) is 33.5 Å². The predicted molar refractivity (Wildman–Crippen MR) is 97.0 cm³/mol. The zero-order valence-electron chi connectivity index (χ0n) is 13.9. The molecule has 1 fully saturated rings.